The number of hydrogen-bond donors (Lipinski definition) is 0. The van der Waals surface area contributed by atoms with Crippen molar-refractivity contribution in [2.75, 3.05) is 0 Å². The van der Waals surface area contributed by atoms with E-state index in [-0.39, 0.29) is 0 Å². The highest BCUT2D eigenvalue weighted by atomic mass is 15.0. The number of benzene rings is 8. The van der Waals surface area contributed by atoms with Crippen LogP contribution in [0.1, 0.15) is 16.7 Å². The van der Waals surface area contributed by atoms with E-state index in [1.165, 1.54) is 5.56 Å². The molecular weight excluding hydrogens is 733 g/mol. The summed E-state index contributed by atoms with van der Waals surface area (Å²) >= 11 is 0. The zero-order valence-electron chi connectivity index (χ0n) is 32.6. The van der Waals surface area contributed by atoms with Gasteiger partial charge >= 0.3 is 0 Å². The molecule has 8 aromatic carbocycles. The SMILES string of the molecule is Cc1cccc(-c2ccc3c(c2)c2ccccc2n3-c2c(-c3cccc(C#N)c3)cc(-c3nc(-c4ccccc4)nc(-c4ccccc4)n3)cc2-c2cccc(C#N)c2)c1. The van der Waals surface area contributed by atoms with Crippen LogP contribution in [-0.4, -0.2) is 19.5 Å². The lowest BCUT2D eigenvalue weighted by Crippen LogP contribution is -2.04. The smallest absolute Gasteiger partial charge is 0.164 e. The van der Waals surface area contributed by atoms with Gasteiger partial charge in [0.15, 0.2) is 17.5 Å². The summed E-state index contributed by atoms with van der Waals surface area (Å²) in [6.45, 7) is 2.12. The van der Waals surface area contributed by atoms with Crippen LogP contribution >= 0.6 is 0 Å². The summed E-state index contributed by atoms with van der Waals surface area (Å²) in [7, 11) is 0. The molecule has 6 nitrogen and oxygen atoms in total. The molecule has 60 heavy (non-hydrogen) atoms. The monoisotopic (exact) mass is 766 g/mol. The first-order valence-corrected chi connectivity index (χ1v) is 19.7. The summed E-state index contributed by atoms with van der Waals surface area (Å²) in [6.07, 6.45) is 0. The van der Waals surface area contributed by atoms with Gasteiger partial charge in [0.25, 0.3) is 0 Å². The van der Waals surface area contributed by atoms with Crippen molar-refractivity contribution in [3.05, 3.63) is 205 Å². The van der Waals surface area contributed by atoms with E-state index < -0.39 is 0 Å². The fourth-order valence-corrected chi connectivity index (χ4v) is 8.11. The Morgan fingerprint density at radius 2 is 0.867 bits per heavy atom. The minimum Gasteiger partial charge on any atom is -0.308 e. The molecule has 0 aliphatic carbocycles. The van der Waals surface area contributed by atoms with Crippen molar-refractivity contribution in [3.63, 3.8) is 0 Å². The van der Waals surface area contributed by atoms with Crippen molar-refractivity contribution in [2.45, 2.75) is 6.92 Å². The first-order valence-electron chi connectivity index (χ1n) is 19.7. The molecule has 10 rings (SSSR count). The zero-order chi connectivity index (χ0) is 40.6. The van der Waals surface area contributed by atoms with Gasteiger partial charge in [-0.1, -0.05) is 139 Å². The van der Waals surface area contributed by atoms with Gasteiger partial charge in [-0.05, 0) is 83.8 Å². The molecule has 2 heterocycles. The van der Waals surface area contributed by atoms with Crippen LogP contribution in [0, 0.1) is 29.6 Å². The largest absolute Gasteiger partial charge is 0.308 e. The normalized spacial score (nSPS) is 11.1. The predicted molar refractivity (Wildman–Crippen MR) is 241 cm³/mol. The molecule has 0 bridgehead atoms. The number of nitrogens with zero attached hydrogens (tertiary/aromatic N) is 6. The fourth-order valence-electron chi connectivity index (χ4n) is 8.11. The standard InChI is InChI=1S/C54H34N6/c1-35-13-10-20-40(27-35)41-25-26-50-48(30-41)45-23-8-9-24-49(45)60(50)51-46(42-21-11-14-36(28-42)33-55)31-44(32-47(51)43-22-12-15-37(29-43)34-56)54-58-52(38-16-4-2-5-17-38)57-53(59-54)39-18-6-3-7-19-39/h2-32H,1H3. The Bertz CT molecular complexity index is 3220. The predicted octanol–water partition coefficient (Wildman–Crippen LogP) is 13.0. The third-order valence-corrected chi connectivity index (χ3v) is 10.9. The summed E-state index contributed by atoms with van der Waals surface area (Å²) in [5.74, 6) is 1.60. The fraction of sp³-hybridized carbons (Fsp3) is 0.0185. The first-order chi connectivity index (χ1) is 29.5. The molecule has 2 aromatic heterocycles. The molecule has 0 amide bonds. The van der Waals surface area contributed by atoms with Gasteiger partial charge in [-0.2, -0.15) is 10.5 Å². The van der Waals surface area contributed by atoms with Crippen LogP contribution in [0.2, 0.25) is 0 Å². The van der Waals surface area contributed by atoms with Crippen LogP contribution in [0.4, 0.5) is 0 Å². The molecule has 0 radical (unpaired) electrons. The van der Waals surface area contributed by atoms with E-state index in [0.717, 1.165) is 77.6 Å². The van der Waals surface area contributed by atoms with E-state index in [4.69, 9.17) is 15.0 Å². The second-order valence-electron chi connectivity index (χ2n) is 14.8. The summed E-state index contributed by atoms with van der Waals surface area (Å²) in [5.41, 5.74) is 13.5. The average Bonchev–Trinajstić information content (AvgIpc) is 3.65. The molecule has 0 atom stereocenters. The lowest BCUT2D eigenvalue weighted by atomic mass is 9.91. The van der Waals surface area contributed by atoms with E-state index in [2.05, 4.69) is 102 Å². The molecule has 0 fully saturated rings. The molecule has 0 saturated carbocycles. The molecule has 280 valence electrons. The van der Waals surface area contributed by atoms with Crippen molar-refractivity contribution in [1.82, 2.24) is 19.5 Å². The van der Waals surface area contributed by atoms with Crippen LogP contribution < -0.4 is 0 Å². The average molecular weight is 767 g/mol. The van der Waals surface area contributed by atoms with Crippen molar-refractivity contribution in [2.24, 2.45) is 0 Å². The molecule has 0 saturated heterocycles. The minimum absolute atomic E-state index is 0.495. The topological polar surface area (TPSA) is 91.2 Å². The van der Waals surface area contributed by atoms with Crippen LogP contribution in [-0.2, 0) is 0 Å². The number of nitriles is 2. The van der Waals surface area contributed by atoms with Crippen molar-refractivity contribution >= 4 is 21.8 Å². The van der Waals surface area contributed by atoms with Crippen molar-refractivity contribution in [3.8, 4) is 85.4 Å². The van der Waals surface area contributed by atoms with Crippen LogP contribution in [0.3, 0.4) is 0 Å². The van der Waals surface area contributed by atoms with Gasteiger partial charge < -0.3 is 4.57 Å². The molecule has 0 aliphatic heterocycles. The van der Waals surface area contributed by atoms with Crippen LogP contribution in [0.15, 0.2) is 188 Å². The van der Waals surface area contributed by atoms with Gasteiger partial charge in [0.05, 0.1) is 40.0 Å². The molecule has 10 aromatic rings. The lowest BCUT2D eigenvalue weighted by Gasteiger charge is -2.21. The quantitative estimate of drug-likeness (QED) is 0.161. The molecule has 6 heteroatoms. The van der Waals surface area contributed by atoms with E-state index in [9.17, 15) is 10.5 Å². The highest BCUT2D eigenvalue weighted by molar-refractivity contribution is 6.12. The van der Waals surface area contributed by atoms with Crippen LogP contribution in [0.25, 0.3) is 95.0 Å². The van der Waals surface area contributed by atoms with Gasteiger partial charge in [0.1, 0.15) is 0 Å². The highest BCUT2D eigenvalue weighted by Gasteiger charge is 2.24. The Labute approximate surface area is 347 Å². The third kappa shape index (κ3) is 6.55. The summed E-state index contributed by atoms with van der Waals surface area (Å²) in [4.78, 5) is 15.2. The van der Waals surface area contributed by atoms with Gasteiger partial charge in [0.2, 0.25) is 0 Å². The van der Waals surface area contributed by atoms with Crippen LogP contribution in [0.5, 0.6) is 0 Å². The molecule has 0 N–H and O–H groups in total. The second-order valence-corrected chi connectivity index (χ2v) is 14.8. The Kier molecular flexibility index (Phi) is 9.06. The molecule has 0 unspecified atom stereocenters. The van der Waals surface area contributed by atoms with Gasteiger partial charge in [-0.3, -0.25) is 0 Å². The molecular formula is C54H34N6. The zero-order valence-corrected chi connectivity index (χ0v) is 32.6. The number of hydrogen-bond acceptors (Lipinski definition) is 5. The first kappa shape index (κ1) is 35.9. The highest BCUT2D eigenvalue weighted by Crippen LogP contribution is 2.44. The van der Waals surface area contributed by atoms with E-state index in [1.807, 2.05) is 109 Å². The number of fused-ring (bicyclic) bond motifs is 3. The minimum atomic E-state index is 0.495. The third-order valence-electron chi connectivity index (χ3n) is 10.9. The maximum Gasteiger partial charge on any atom is 0.164 e. The van der Waals surface area contributed by atoms with Gasteiger partial charge in [-0.15, -0.1) is 0 Å². The van der Waals surface area contributed by atoms with Crippen molar-refractivity contribution < 1.29 is 0 Å². The van der Waals surface area contributed by atoms with Gasteiger partial charge in [-0.25, -0.2) is 15.0 Å². The second kappa shape index (κ2) is 15.1. The Morgan fingerprint density at radius 3 is 1.45 bits per heavy atom. The van der Waals surface area contributed by atoms with E-state index in [1.54, 1.807) is 0 Å². The van der Waals surface area contributed by atoms with E-state index in [0.29, 0.717) is 28.6 Å². The van der Waals surface area contributed by atoms with Gasteiger partial charge in [0, 0.05) is 38.6 Å². The number of rotatable bonds is 7. The number of aromatic nitrogens is 4. The summed E-state index contributed by atoms with van der Waals surface area (Å²) in [6, 6.07) is 68.0. The number of aryl methyl sites for hydroxylation is 1. The molecule has 0 aliphatic rings. The Hall–Kier alpha value is -8.45. The van der Waals surface area contributed by atoms with E-state index >= 15 is 0 Å². The summed E-state index contributed by atoms with van der Waals surface area (Å²) in [5, 5.41) is 22.6. The maximum atomic E-state index is 10.2. The lowest BCUT2D eigenvalue weighted by molar-refractivity contribution is 1.07. The molecule has 0 spiro atoms. The van der Waals surface area contributed by atoms with Crippen molar-refractivity contribution in [1.29, 1.82) is 10.5 Å². The summed E-state index contributed by atoms with van der Waals surface area (Å²) < 4.78 is 2.33. The number of para-hydroxylation sites is 1. The Morgan fingerprint density at radius 1 is 0.383 bits per heavy atom. The Balaban J connectivity index is 1.33. The maximum absolute atomic E-state index is 10.2.